The molecule has 4 heteroatoms. The molecule has 1 fully saturated rings. The number of allylic oxidation sites excluding steroid dienone is 1. The number of aromatic nitrogens is 2. The maximum absolute atomic E-state index is 12.8. The van der Waals surface area contributed by atoms with Crippen molar-refractivity contribution in [2.75, 3.05) is 13.1 Å². The highest BCUT2D eigenvalue weighted by Crippen LogP contribution is 2.31. The van der Waals surface area contributed by atoms with Gasteiger partial charge in [-0.25, -0.2) is 4.98 Å². The number of carbonyl (C=O) groups is 1. The summed E-state index contributed by atoms with van der Waals surface area (Å²) in [5.74, 6) is 1.44. The van der Waals surface area contributed by atoms with Crippen LogP contribution in [0.4, 0.5) is 0 Å². The molecule has 2 heterocycles. The minimum Gasteiger partial charge on any atom is -0.342 e. The largest absolute Gasteiger partial charge is 0.342 e. The molecule has 0 spiro atoms. The minimum atomic E-state index is 0.312. The van der Waals surface area contributed by atoms with Gasteiger partial charge in [0.2, 0.25) is 5.91 Å². The third kappa shape index (κ3) is 4.43. The molecule has 0 radical (unpaired) electrons. The Labute approximate surface area is 184 Å². The average Bonchev–Trinajstić information content (AvgIpc) is 3.18. The highest BCUT2D eigenvalue weighted by molar-refractivity contribution is 5.79. The molecule has 1 aliphatic heterocycles. The number of benzene rings is 2. The Balaban J connectivity index is 1.32. The van der Waals surface area contributed by atoms with Crippen molar-refractivity contribution >= 4 is 16.9 Å². The van der Waals surface area contributed by atoms with E-state index in [2.05, 4.69) is 70.1 Å². The topological polar surface area (TPSA) is 38.1 Å². The molecule has 1 aromatic heterocycles. The zero-order valence-corrected chi connectivity index (χ0v) is 18.2. The second kappa shape index (κ2) is 9.09. The molecule has 1 saturated heterocycles. The van der Waals surface area contributed by atoms with E-state index in [0.29, 0.717) is 18.4 Å². The van der Waals surface area contributed by atoms with Crippen LogP contribution in [-0.2, 0) is 11.2 Å². The van der Waals surface area contributed by atoms with Gasteiger partial charge in [-0.1, -0.05) is 54.1 Å². The van der Waals surface area contributed by atoms with E-state index in [1.165, 1.54) is 29.5 Å². The number of para-hydroxylation sites is 2. The molecule has 1 amide bonds. The zero-order chi connectivity index (χ0) is 21.0. The molecule has 3 aromatic rings. The van der Waals surface area contributed by atoms with E-state index < -0.39 is 0 Å². The molecule has 160 valence electrons. The number of amides is 1. The van der Waals surface area contributed by atoms with E-state index in [-0.39, 0.29) is 0 Å². The van der Waals surface area contributed by atoms with Gasteiger partial charge in [-0.15, -0.1) is 0 Å². The first kappa shape index (κ1) is 20.0. The fourth-order valence-electron chi connectivity index (χ4n) is 5.15. The van der Waals surface area contributed by atoms with Crippen molar-refractivity contribution in [2.45, 2.75) is 57.4 Å². The van der Waals surface area contributed by atoms with Crippen LogP contribution in [0, 0.1) is 0 Å². The molecule has 5 rings (SSSR count). The van der Waals surface area contributed by atoms with Gasteiger partial charge in [-0.2, -0.15) is 0 Å². The Hall–Kier alpha value is -2.88. The molecule has 0 unspecified atom stereocenters. The van der Waals surface area contributed by atoms with E-state index in [9.17, 15) is 4.79 Å². The van der Waals surface area contributed by atoms with Crippen molar-refractivity contribution in [3.63, 3.8) is 0 Å². The van der Waals surface area contributed by atoms with Crippen molar-refractivity contribution < 1.29 is 4.79 Å². The van der Waals surface area contributed by atoms with Crippen molar-refractivity contribution in [1.29, 1.82) is 0 Å². The first-order valence-corrected chi connectivity index (χ1v) is 11.7. The van der Waals surface area contributed by atoms with Gasteiger partial charge in [-0.3, -0.25) is 4.79 Å². The lowest BCUT2D eigenvalue weighted by atomic mass is 9.96. The molecular weight excluding hydrogens is 382 g/mol. The number of hydrogen-bond donors (Lipinski definition) is 0. The van der Waals surface area contributed by atoms with Gasteiger partial charge in [-0.05, 0) is 56.2 Å². The van der Waals surface area contributed by atoms with Crippen LogP contribution in [0.2, 0.25) is 0 Å². The van der Waals surface area contributed by atoms with E-state index in [1.54, 1.807) is 0 Å². The van der Waals surface area contributed by atoms with Crippen LogP contribution < -0.4 is 0 Å². The molecule has 4 nitrogen and oxygen atoms in total. The Kier molecular flexibility index (Phi) is 5.88. The number of rotatable bonds is 5. The summed E-state index contributed by atoms with van der Waals surface area (Å²) in [5, 5.41) is 0. The number of fused-ring (bicyclic) bond motifs is 1. The minimum absolute atomic E-state index is 0.312. The molecule has 0 saturated carbocycles. The zero-order valence-electron chi connectivity index (χ0n) is 18.2. The summed E-state index contributed by atoms with van der Waals surface area (Å²) >= 11 is 0. The normalized spacial score (nSPS) is 17.7. The molecule has 0 atom stereocenters. The lowest BCUT2D eigenvalue weighted by molar-refractivity contribution is -0.131. The molecule has 2 aliphatic rings. The molecule has 2 aromatic carbocycles. The smallest absolute Gasteiger partial charge is 0.226 e. The maximum atomic E-state index is 12.8. The van der Waals surface area contributed by atoms with E-state index >= 15 is 0 Å². The van der Waals surface area contributed by atoms with Crippen molar-refractivity contribution in [3.8, 4) is 0 Å². The van der Waals surface area contributed by atoms with Crippen molar-refractivity contribution in [2.24, 2.45) is 0 Å². The number of imidazole rings is 1. The fraction of sp³-hybridized carbons (Fsp3) is 0.407. The van der Waals surface area contributed by atoms with Crippen LogP contribution in [0.15, 0.2) is 66.2 Å². The van der Waals surface area contributed by atoms with Crippen molar-refractivity contribution in [1.82, 2.24) is 14.5 Å². The highest BCUT2D eigenvalue weighted by atomic mass is 16.2. The summed E-state index contributed by atoms with van der Waals surface area (Å²) in [6.45, 7) is 1.68. The predicted octanol–water partition coefficient (Wildman–Crippen LogP) is 5.68. The Morgan fingerprint density at radius 3 is 2.52 bits per heavy atom. The van der Waals surface area contributed by atoms with Gasteiger partial charge in [0.15, 0.2) is 0 Å². The number of piperidine rings is 1. The molecule has 0 bridgehead atoms. The van der Waals surface area contributed by atoms with Crippen LogP contribution in [0.3, 0.4) is 0 Å². The highest BCUT2D eigenvalue weighted by Gasteiger charge is 2.27. The Morgan fingerprint density at radius 2 is 1.74 bits per heavy atom. The third-order valence-corrected chi connectivity index (χ3v) is 6.82. The van der Waals surface area contributed by atoms with Gasteiger partial charge >= 0.3 is 0 Å². The number of carbonyl (C=O) groups excluding carboxylic acids is 1. The quantitative estimate of drug-likeness (QED) is 0.505. The first-order chi connectivity index (χ1) is 15.3. The lowest BCUT2D eigenvalue weighted by Crippen LogP contribution is -2.39. The van der Waals surface area contributed by atoms with Gasteiger partial charge in [0.1, 0.15) is 5.82 Å². The second-order valence-corrected chi connectivity index (χ2v) is 8.95. The van der Waals surface area contributed by atoms with E-state index in [1.807, 2.05) is 0 Å². The SMILES string of the molecule is O=C(CC1=CCCCC1)N1CCC(n2c(Cc3ccccc3)nc3ccccc32)CC1. The lowest BCUT2D eigenvalue weighted by Gasteiger charge is -2.34. The number of nitrogens with zero attached hydrogens (tertiary/aromatic N) is 3. The van der Waals surface area contributed by atoms with Gasteiger partial charge < -0.3 is 9.47 Å². The van der Waals surface area contributed by atoms with E-state index in [4.69, 9.17) is 4.98 Å². The number of likely N-dealkylation sites (tertiary alicyclic amines) is 1. The van der Waals surface area contributed by atoms with Crippen LogP contribution >= 0.6 is 0 Å². The van der Waals surface area contributed by atoms with Crippen LogP contribution in [0.5, 0.6) is 0 Å². The second-order valence-electron chi connectivity index (χ2n) is 8.95. The van der Waals surface area contributed by atoms with Gasteiger partial charge in [0, 0.05) is 32.0 Å². The fourth-order valence-corrected chi connectivity index (χ4v) is 5.15. The van der Waals surface area contributed by atoms with Gasteiger partial charge in [0.05, 0.1) is 11.0 Å². The van der Waals surface area contributed by atoms with Crippen LogP contribution in [0.25, 0.3) is 11.0 Å². The number of hydrogen-bond acceptors (Lipinski definition) is 2. The predicted molar refractivity (Wildman–Crippen MR) is 125 cm³/mol. The first-order valence-electron chi connectivity index (χ1n) is 11.7. The Morgan fingerprint density at radius 1 is 0.968 bits per heavy atom. The molecule has 0 N–H and O–H groups in total. The molecular formula is C27H31N3O. The average molecular weight is 414 g/mol. The summed E-state index contributed by atoms with van der Waals surface area (Å²) in [6.07, 6.45) is 10.5. The monoisotopic (exact) mass is 413 g/mol. The molecule has 1 aliphatic carbocycles. The summed E-state index contributed by atoms with van der Waals surface area (Å²) < 4.78 is 2.45. The van der Waals surface area contributed by atoms with Crippen LogP contribution in [-0.4, -0.2) is 33.4 Å². The summed E-state index contributed by atoms with van der Waals surface area (Å²) in [5.41, 5.74) is 4.92. The maximum Gasteiger partial charge on any atom is 0.226 e. The standard InChI is InChI=1S/C27H31N3O/c31-27(20-22-11-5-2-6-12-22)29-17-15-23(16-18-29)30-25-14-8-7-13-24(25)28-26(30)19-21-9-3-1-4-10-21/h1,3-4,7-11,13-14,23H,2,5-6,12,15-20H2. The third-order valence-electron chi connectivity index (χ3n) is 6.82. The summed E-state index contributed by atoms with van der Waals surface area (Å²) in [4.78, 5) is 19.9. The summed E-state index contributed by atoms with van der Waals surface area (Å²) in [7, 11) is 0. The Bertz CT molecular complexity index is 1070. The van der Waals surface area contributed by atoms with Gasteiger partial charge in [0.25, 0.3) is 0 Å². The molecule has 31 heavy (non-hydrogen) atoms. The van der Waals surface area contributed by atoms with E-state index in [0.717, 1.165) is 56.5 Å². The van der Waals surface area contributed by atoms with Crippen molar-refractivity contribution in [3.05, 3.63) is 77.6 Å². The summed E-state index contributed by atoms with van der Waals surface area (Å²) in [6, 6.07) is 19.4. The van der Waals surface area contributed by atoms with Crippen LogP contribution in [0.1, 0.15) is 62.4 Å².